The van der Waals surface area contributed by atoms with Gasteiger partial charge in [-0.1, -0.05) is 18.2 Å². The molecule has 1 aromatic heterocycles. The predicted octanol–water partition coefficient (Wildman–Crippen LogP) is 3.91. The van der Waals surface area contributed by atoms with Gasteiger partial charge in [-0.3, -0.25) is 14.3 Å². The molecule has 2 saturated heterocycles. The van der Waals surface area contributed by atoms with Crippen molar-refractivity contribution in [2.45, 2.75) is 51.4 Å². The van der Waals surface area contributed by atoms with Crippen LogP contribution in [0.15, 0.2) is 60.9 Å². The largest absolute Gasteiger partial charge is 0.382 e. The van der Waals surface area contributed by atoms with Crippen LogP contribution >= 0.6 is 0 Å². The summed E-state index contributed by atoms with van der Waals surface area (Å²) in [5.74, 6) is 0.126. The molecule has 0 saturated carbocycles. The third-order valence-corrected chi connectivity index (χ3v) is 7.06. The van der Waals surface area contributed by atoms with Crippen LogP contribution in [0.1, 0.15) is 42.9 Å². The van der Waals surface area contributed by atoms with Crippen LogP contribution in [0.2, 0.25) is 0 Å². The molecule has 0 spiro atoms. The van der Waals surface area contributed by atoms with E-state index in [0.717, 1.165) is 43.9 Å². The van der Waals surface area contributed by atoms with Gasteiger partial charge >= 0.3 is 0 Å². The lowest BCUT2D eigenvalue weighted by Crippen LogP contribution is -2.53. The highest BCUT2D eigenvalue weighted by atomic mass is 19.1. The summed E-state index contributed by atoms with van der Waals surface area (Å²) < 4.78 is 15.3. The lowest BCUT2D eigenvalue weighted by atomic mass is 10.0. The molecule has 3 heterocycles. The van der Waals surface area contributed by atoms with E-state index >= 15 is 0 Å². The first-order valence-corrected chi connectivity index (χ1v) is 12.9. The highest BCUT2D eigenvalue weighted by Crippen LogP contribution is 2.20. The Balaban J connectivity index is 1.19. The maximum atomic E-state index is 13.5. The monoisotopic (exact) mass is 490 g/mol. The van der Waals surface area contributed by atoms with Crippen LogP contribution in [-0.2, 0) is 6.54 Å². The van der Waals surface area contributed by atoms with Gasteiger partial charge in [0.15, 0.2) is 0 Å². The number of rotatable bonds is 6. The van der Waals surface area contributed by atoms with Crippen molar-refractivity contribution in [3.8, 4) is 5.69 Å². The summed E-state index contributed by atoms with van der Waals surface area (Å²) in [5, 5.41) is 6.96. The van der Waals surface area contributed by atoms with Gasteiger partial charge in [-0.25, -0.2) is 9.37 Å². The minimum Gasteiger partial charge on any atom is -0.382 e. The quantitative estimate of drug-likeness (QED) is 0.549. The molecular weight excluding hydrogens is 455 g/mol. The van der Waals surface area contributed by atoms with Crippen molar-refractivity contribution >= 4 is 11.6 Å². The van der Waals surface area contributed by atoms with Gasteiger partial charge in [0, 0.05) is 74.6 Å². The van der Waals surface area contributed by atoms with Crippen molar-refractivity contribution in [2.75, 3.05) is 31.5 Å². The summed E-state index contributed by atoms with van der Waals surface area (Å²) in [6, 6.07) is 16.1. The van der Waals surface area contributed by atoms with E-state index in [-0.39, 0.29) is 17.8 Å². The molecule has 2 fully saturated rings. The number of nitrogens with one attached hydrogen (secondary N) is 2. The van der Waals surface area contributed by atoms with Crippen molar-refractivity contribution in [1.82, 2.24) is 24.7 Å². The molecule has 0 radical (unpaired) electrons. The number of benzene rings is 2. The van der Waals surface area contributed by atoms with E-state index in [1.165, 1.54) is 17.7 Å². The number of anilines is 1. The molecule has 2 aliphatic heterocycles. The Morgan fingerprint density at radius 1 is 1.08 bits per heavy atom. The van der Waals surface area contributed by atoms with Crippen molar-refractivity contribution < 1.29 is 9.18 Å². The van der Waals surface area contributed by atoms with Gasteiger partial charge < -0.3 is 15.5 Å². The van der Waals surface area contributed by atoms with E-state index < -0.39 is 0 Å². The van der Waals surface area contributed by atoms with Crippen LogP contribution in [0.5, 0.6) is 0 Å². The highest BCUT2D eigenvalue weighted by molar-refractivity contribution is 5.91. The van der Waals surface area contributed by atoms with Crippen molar-refractivity contribution in [2.24, 2.45) is 0 Å². The standard InChI is InChI=1S/C28H35FN6O/c1-20-17-33(18-21(2)31-20)19-22-6-8-26(9-7-22)35-15-12-30-27(35)28(36)34-13-10-24(11-14-34)32-25-5-3-4-23(29)16-25/h3-9,12,15-16,20-21,24,31-32H,10-11,13-14,17-19H2,1-2H3. The number of amides is 1. The molecule has 36 heavy (non-hydrogen) atoms. The number of piperazine rings is 1. The second-order valence-corrected chi connectivity index (χ2v) is 10.2. The summed E-state index contributed by atoms with van der Waals surface area (Å²) in [6.45, 7) is 8.74. The van der Waals surface area contributed by atoms with Crippen LogP contribution in [-0.4, -0.2) is 69.6 Å². The maximum Gasteiger partial charge on any atom is 0.290 e. The van der Waals surface area contributed by atoms with Crippen LogP contribution < -0.4 is 10.6 Å². The van der Waals surface area contributed by atoms with Gasteiger partial charge in [0.05, 0.1) is 0 Å². The summed E-state index contributed by atoms with van der Waals surface area (Å²) in [7, 11) is 0. The molecule has 0 bridgehead atoms. The summed E-state index contributed by atoms with van der Waals surface area (Å²) in [6.07, 6.45) is 5.14. The lowest BCUT2D eigenvalue weighted by Gasteiger charge is -2.36. The highest BCUT2D eigenvalue weighted by Gasteiger charge is 2.27. The molecule has 8 heteroatoms. The molecule has 1 amide bonds. The molecular formula is C28H35FN6O. The first kappa shape index (κ1) is 24.5. The third kappa shape index (κ3) is 5.77. The van der Waals surface area contributed by atoms with E-state index in [1.807, 2.05) is 21.7 Å². The number of imidazole rings is 1. The first-order valence-electron chi connectivity index (χ1n) is 12.9. The fraction of sp³-hybridized carbons (Fsp3) is 0.429. The molecule has 5 rings (SSSR count). The zero-order valence-electron chi connectivity index (χ0n) is 21.0. The number of halogens is 1. The van der Waals surface area contributed by atoms with E-state index in [0.29, 0.717) is 31.0 Å². The van der Waals surface area contributed by atoms with Gasteiger partial charge in [0.1, 0.15) is 5.82 Å². The van der Waals surface area contributed by atoms with Crippen LogP contribution in [0.25, 0.3) is 5.69 Å². The van der Waals surface area contributed by atoms with Gasteiger partial charge in [-0.05, 0) is 62.6 Å². The zero-order valence-corrected chi connectivity index (χ0v) is 21.0. The molecule has 3 aromatic rings. The zero-order chi connectivity index (χ0) is 25.1. The number of hydrogen-bond donors (Lipinski definition) is 2. The number of carbonyl (C=O) groups excluding carboxylic acids is 1. The molecule has 2 unspecified atom stereocenters. The van der Waals surface area contributed by atoms with Crippen molar-refractivity contribution in [3.63, 3.8) is 0 Å². The van der Waals surface area contributed by atoms with Crippen LogP contribution in [0.3, 0.4) is 0 Å². The Morgan fingerprint density at radius 2 is 1.81 bits per heavy atom. The molecule has 0 aliphatic carbocycles. The second-order valence-electron chi connectivity index (χ2n) is 10.2. The van der Waals surface area contributed by atoms with E-state index in [4.69, 9.17) is 0 Å². The predicted molar refractivity (Wildman–Crippen MR) is 140 cm³/mol. The van der Waals surface area contributed by atoms with Crippen molar-refractivity contribution in [1.29, 1.82) is 0 Å². The molecule has 190 valence electrons. The van der Waals surface area contributed by atoms with Crippen molar-refractivity contribution in [3.05, 3.63) is 78.1 Å². The smallest absolute Gasteiger partial charge is 0.290 e. The van der Waals surface area contributed by atoms with E-state index in [9.17, 15) is 9.18 Å². The summed E-state index contributed by atoms with van der Waals surface area (Å²) >= 11 is 0. The average Bonchev–Trinajstić information content (AvgIpc) is 3.34. The minimum atomic E-state index is -0.250. The molecule has 2 N–H and O–H groups in total. The lowest BCUT2D eigenvalue weighted by molar-refractivity contribution is 0.0704. The number of hydrogen-bond acceptors (Lipinski definition) is 5. The minimum absolute atomic E-state index is 0.0583. The fourth-order valence-corrected chi connectivity index (χ4v) is 5.44. The second kappa shape index (κ2) is 10.8. The summed E-state index contributed by atoms with van der Waals surface area (Å²) in [4.78, 5) is 22.1. The fourth-order valence-electron chi connectivity index (χ4n) is 5.44. The molecule has 2 aliphatic rings. The number of carbonyl (C=O) groups is 1. The third-order valence-electron chi connectivity index (χ3n) is 7.06. The van der Waals surface area contributed by atoms with Gasteiger partial charge in [0.25, 0.3) is 5.91 Å². The molecule has 7 nitrogen and oxygen atoms in total. The maximum absolute atomic E-state index is 13.5. The topological polar surface area (TPSA) is 65.4 Å². The average molecular weight is 491 g/mol. The molecule has 2 aromatic carbocycles. The Hall–Kier alpha value is -3.23. The van der Waals surface area contributed by atoms with Gasteiger partial charge in [0.2, 0.25) is 5.82 Å². The number of likely N-dealkylation sites (tertiary alicyclic amines) is 1. The Morgan fingerprint density at radius 3 is 2.50 bits per heavy atom. The number of nitrogens with zero attached hydrogens (tertiary/aromatic N) is 4. The van der Waals surface area contributed by atoms with E-state index in [2.05, 4.69) is 58.6 Å². The van der Waals surface area contributed by atoms with Gasteiger partial charge in [-0.2, -0.15) is 0 Å². The Bertz CT molecular complexity index is 1160. The number of aromatic nitrogens is 2. The molecule has 2 atom stereocenters. The van der Waals surface area contributed by atoms with Gasteiger partial charge in [-0.15, -0.1) is 0 Å². The SMILES string of the molecule is CC1CN(Cc2ccc(-n3ccnc3C(=O)N3CCC(Nc4cccc(F)c4)CC3)cc2)CC(C)N1. The van der Waals surface area contributed by atoms with Crippen LogP contribution in [0, 0.1) is 5.82 Å². The summed E-state index contributed by atoms with van der Waals surface area (Å²) in [5.41, 5.74) is 2.98. The normalized spacial score (nSPS) is 21.5. The first-order chi connectivity index (χ1) is 17.4. The Kier molecular flexibility index (Phi) is 7.34. The Labute approximate surface area is 212 Å². The van der Waals surface area contributed by atoms with Crippen LogP contribution in [0.4, 0.5) is 10.1 Å². The van der Waals surface area contributed by atoms with E-state index in [1.54, 1.807) is 12.3 Å². The number of piperidine rings is 1.